The molecule has 0 aliphatic rings. The van der Waals surface area contributed by atoms with Crippen LogP contribution in [0.4, 0.5) is 0 Å². The molecule has 0 bridgehead atoms. The Balaban J connectivity index is 0. The number of hydrogen-bond donors (Lipinski definition) is 1. The average Bonchev–Trinajstić information content (AvgIpc) is 2.50. The number of esters is 2. The van der Waals surface area contributed by atoms with E-state index in [1.54, 1.807) is 0 Å². The summed E-state index contributed by atoms with van der Waals surface area (Å²) in [5, 5.41) is 0. The molecule has 29 heavy (non-hydrogen) atoms. The topological polar surface area (TPSA) is 107 Å². The predicted molar refractivity (Wildman–Crippen MR) is 106 cm³/mol. The molecule has 0 amide bonds. The van der Waals surface area contributed by atoms with Crippen molar-refractivity contribution in [3.8, 4) is 0 Å². The van der Waals surface area contributed by atoms with Crippen LogP contribution in [0.2, 0.25) is 0 Å². The Kier molecular flexibility index (Phi) is 10.6. The summed E-state index contributed by atoms with van der Waals surface area (Å²) < 4.78 is 43.1. The molecule has 1 N–H and O–H groups in total. The van der Waals surface area contributed by atoms with Gasteiger partial charge >= 0.3 is 41.5 Å². The molecule has 0 fully saturated rings. The van der Waals surface area contributed by atoms with Gasteiger partial charge in [-0.3, -0.25) is 4.55 Å². The van der Waals surface area contributed by atoms with E-state index in [0.717, 1.165) is 12.1 Å². The molecule has 0 spiro atoms. The molecule has 0 atom stereocenters. The Morgan fingerprint density at radius 2 is 1.38 bits per heavy atom. The van der Waals surface area contributed by atoms with Crippen molar-refractivity contribution in [2.75, 3.05) is 13.2 Å². The first-order valence-corrected chi connectivity index (χ1v) is 10.5. The largest absolute Gasteiger partial charge is 1.00 e. The SMILES string of the molecule is CC(C)(C)CCOC(=O)c1ccc(C(=O)OCCC(C)(C)C)c(S(=O)(=O)O)c1.[H-].[Na+]. The van der Waals surface area contributed by atoms with E-state index in [0.29, 0.717) is 12.8 Å². The number of rotatable bonds is 7. The van der Waals surface area contributed by atoms with E-state index >= 15 is 0 Å². The van der Waals surface area contributed by atoms with Gasteiger partial charge < -0.3 is 10.9 Å². The third-order valence-corrected chi connectivity index (χ3v) is 4.78. The van der Waals surface area contributed by atoms with Crippen molar-refractivity contribution in [1.29, 1.82) is 0 Å². The van der Waals surface area contributed by atoms with Crippen LogP contribution in [0.25, 0.3) is 0 Å². The molecule has 0 aliphatic heterocycles. The molecule has 1 aromatic carbocycles. The monoisotopic (exact) mass is 438 g/mol. The van der Waals surface area contributed by atoms with Crippen molar-refractivity contribution in [3.63, 3.8) is 0 Å². The van der Waals surface area contributed by atoms with Crippen LogP contribution in [0, 0.1) is 10.8 Å². The van der Waals surface area contributed by atoms with Crippen LogP contribution in [-0.2, 0) is 19.6 Å². The second-order valence-electron chi connectivity index (χ2n) is 9.08. The van der Waals surface area contributed by atoms with Crippen LogP contribution in [0.3, 0.4) is 0 Å². The maximum absolute atomic E-state index is 12.2. The van der Waals surface area contributed by atoms with Gasteiger partial charge in [-0.1, -0.05) is 41.5 Å². The fraction of sp³-hybridized carbons (Fsp3) is 0.600. The summed E-state index contributed by atoms with van der Waals surface area (Å²) in [6.07, 6.45) is 1.21. The van der Waals surface area contributed by atoms with Gasteiger partial charge in [0.25, 0.3) is 10.1 Å². The molecule has 0 aromatic heterocycles. The molecule has 7 nitrogen and oxygen atoms in total. The summed E-state index contributed by atoms with van der Waals surface area (Å²) in [6, 6.07) is 3.34. The van der Waals surface area contributed by atoms with Crippen molar-refractivity contribution >= 4 is 22.1 Å². The zero-order valence-electron chi connectivity index (χ0n) is 19.4. The molecule has 0 heterocycles. The third kappa shape index (κ3) is 10.6. The quantitative estimate of drug-likeness (QED) is 0.388. The molecule has 1 aromatic rings. The summed E-state index contributed by atoms with van der Waals surface area (Å²) >= 11 is 0. The first kappa shape index (κ1) is 28.1. The first-order chi connectivity index (χ1) is 12.6. The molecule has 0 saturated heterocycles. The van der Waals surface area contributed by atoms with E-state index in [1.807, 2.05) is 41.5 Å². The summed E-state index contributed by atoms with van der Waals surface area (Å²) in [6.45, 7) is 12.2. The Labute approximate surface area is 197 Å². The predicted octanol–water partition coefficient (Wildman–Crippen LogP) is 1.24. The molecular formula is C20H31NaO7S. The molecule has 0 radical (unpaired) electrons. The second kappa shape index (κ2) is 10.9. The Morgan fingerprint density at radius 1 is 0.931 bits per heavy atom. The van der Waals surface area contributed by atoms with Crippen molar-refractivity contribution < 1.29 is 63.0 Å². The van der Waals surface area contributed by atoms with Crippen molar-refractivity contribution in [3.05, 3.63) is 29.3 Å². The average molecular weight is 439 g/mol. The molecule has 0 aliphatic carbocycles. The number of ether oxygens (including phenoxy) is 2. The fourth-order valence-corrected chi connectivity index (χ4v) is 2.80. The summed E-state index contributed by atoms with van der Waals surface area (Å²) in [5.41, 5.74) is -0.497. The van der Waals surface area contributed by atoms with Crippen LogP contribution in [0.5, 0.6) is 0 Å². The van der Waals surface area contributed by atoms with Gasteiger partial charge in [-0.15, -0.1) is 0 Å². The van der Waals surface area contributed by atoms with Crippen LogP contribution in [0.1, 0.15) is 76.5 Å². The van der Waals surface area contributed by atoms with Gasteiger partial charge in [0.1, 0.15) is 4.90 Å². The number of benzene rings is 1. The molecule has 160 valence electrons. The molecule has 9 heteroatoms. The summed E-state index contributed by atoms with van der Waals surface area (Å²) in [7, 11) is -4.74. The number of carbonyl (C=O) groups is 2. The van der Waals surface area contributed by atoms with Gasteiger partial charge in [-0.25, -0.2) is 9.59 Å². The fourth-order valence-electron chi connectivity index (χ4n) is 2.09. The molecule has 1 rings (SSSR count). The maximum Gasteiger partial charge on any atom is 1.00 e. The van der Waals surface area contributed by atoms with E-state index < -0.39 is 27.0 Å². The first-order valence-electron chi connectivity index (χ1n) is 9.06. The van der Waals surface area contributed by atoms with Gasteiger partial charge in [0, 0.05) is 0 Å². The van der Waals surface area contributed by atoms with Gasteiger partial charge in [-0.05, 0) is 41.9 Å². The normalized spacial score (nSPS) is 12.1. The van der Waals surface area contributed by atoms with Gasteiger partial charge in [0.15, 0.2) is 0 Å². The number of carbonyl (C=O) groups excluding carboxylic acids is 2. The summed E-state index contributed by atoms with van der Waals surface area (Å²) in [5.74, 6) is -1.62. The summed E-state index contributed by atoms with van der Waals surface area (Å²) in [4.78, 5) is 23.7. The standard InChI is InChI=1S/C20H30O7S.Na.H/c1-19(2,3)9-11-26-17(21)14-7-8-15(16(13-14)28(23,24)25)18(22)27-12-10-20(4,5)6;;/h7-8,13H,9-12H2,1-6H3,(H,23,24,25);;/q;+1;-1. The van der Waals surface area contributed by atoms with Gasteiger partial charge in [-0.2, -0.15) is 8.42 Å². The minimum absolute atomic E-state index is 0. The zero-order valence-corrected chi connectivity index (χ0v) is 21.2. The molecular weight excluding hydrogens is 407 g/mol. The van der Waals surface area contributed by atoms with E-state index in [9.17, 15) is 22.6 Å². The van der Waals surface area contributed by atoms with Gasteiger partial charge in [0.05, 0.1) is 24.3 Å². The molecule has 0 saturated carbocycles. The number of hydrogen-bond acceptors (Lipinski definition) is 6. The Morgan fingerprint density at radius 3 is 1.79 bits per heavy atom. The second-order valence-corrected chi connectivity index (χ2v) is 10.5. The van der Waals surface area contributed by atoms with Crippen molar-refractivity contribution in [2.45, 2.75) is 59.3 Å². The van der Waals surface area contributed by atoms with E-state index in [1.165, 1.54) is 6.07 Å². The minimum atomic E-state index is -4.74. The smallest absolute Gasteiger partial charge is 1.00 e. The van der Waals surface area contributed by atoms with Crippen molar-refractivity contribution in [1.82, 2.24) is 0 Å². The van der Waals surface area contributed by atoms with Gasteiger partial charge in [0.2, 0.25) is 0 Å². The van der Waals surface area contributed by atoms with Crippen molar-refractivity contribution in [2.24, 2.45) is 10.8 Å². The Bertz CT molecular complexity index is 825. The van der Waals surface area contributed by atoms with Crippen LogP contribution < -0.4 is 29.6 Å². The van der Waals surface area contributed by atoms with Crippen LogP contribution in [0.15, 0.2) is 23.1 Å². The third-order valence-electron chi connectivity index (χ3n) is 3.89. The van der Waals surface area contributed by atoms with Crippen LogP contribution in [-0.4, -0.2) is 38.1 Å². The maximum atomic E-state index is 12.2. The molecule has 0 unspecified atom stereocenters. The minimum Gasteiger partial charge on any atom is -1.00 e. The van der Waals surface area contributed by atoms with E-state index in [4.69, 9.17) is 9.47 Å². The Hall–Kier alpha value is -0.930. The van der Waals surface area contributed by atoms with E-state index in [2.05, 4.69) is 0 Å². The van der Waals surface area contributed by atoms with Crippen LogP contribution >= 0.6 is 0 Å². The zero-order chi connectivity index (χ0) is 21.8. The van der Waals surface area contributed by atoms with E-state index in [-0.39, 0.29) is 66.2 Å².